The summed E-state index contributed by atoms with van der Waals surface area (Å²) in [5.41, 5.74) is 2.25. The Bertz CT molecular complexity index is 671. The molecule has 5 nitrogen and oxygen atoms in total. The Kier molecular flexibility index (Phi) is 5.93. The second-order valence-corrected chi connectivity index (χ2v) is 6.09. The minimum absolute atomic E-state index is 0.198. The van der Waals surface area contributed by atoms with E-state index in [2.05, 4.69) is 20.6 Å². The number of hydrogen-bond acceptors (Lipinski definition) is 4. The average molecular weight is 333 g/mol. The Balaban J connectivity index is 1.94. The summed E-state index contributed by atoms with van der Waals surface area (Å²) in [7, 11) is 0. The molecule has 0 saturated carbocycles. The molecule has 2 N–H and O–H groups in total. The normalized spacial score (nSPS) is 10.7. The van der Waals surface area contributed by atoms with Gasteiger partial charge in [0.15, 0.2) is 0 Å². The highest BCUT2D eigenvalue weighted by Crippen LogP contribution is 2.10. The van der Waals surface area contributed by atoms with Crippen LogP contribution in [0.25, 0.3) is 0 Å². The van der Waals surface area contributed by atoms with Crippen molar-refractivity contribution in [1.29, 1.82) is 0 Å². The number of aryl methyl sites for hydroxylation is 1. The van der Waals surface area contributed by atoms with Crippen molar-refractivity contribution in [2.75, 3.05) is 11.9 Å². The molecule has 0 bridgehead atoms. The van der Waals surface area contributed by atoms with Gasteiger partial charge in [-0.05, 0) is 51.0 Å². The van der Waals surface area contributed by atoms with E-state index in [9.17, 15) is 4.79 Å². The highest BCUT2D eigenvalue weighted by atomic mass is 35.5. The van der Waals surface area contributed by atoms with Crippen LogP contribution in [0.2, 0.25) is 5.02 Å². The van der Waals surface area contributed by atoms with Crippen LogP contribution in [0.5, 0.6) is 0 Å². The largest absolute Gasteiger partial charge is 0.352 e. The highest BCUT2D eigenvalue weighted by Gasteiger charge is 2.10. The van der Waals surface area contributed by atoms with Gasteiger partial charge >= 0.3 is 0 Å². The molecular weight excluding hydrogens is 312 g/mol. The van der Waals surface area contributed by atoms with Crippen molar-refractivity contribution in [2.45, 2.75) is 33.2 Å². The molecule has 0 radical (unpaired) electrons. The fourth-order valence-electron chi connectivity index (χ4n) is 2.07. The Morgan fingerprint density at radius 1 is 1.22 bits per heavy atom. The number of carbonyl (C=O) groups is 1. The molecular formula is C17H21ClN4O. The van der Waals surface area contributed by atoms with Crippen LogP contribution in [-0.2, 0) is 6.42 Å². The van der Waals surface area contributed by atoms with E-state index in [0.717, 1.165) is 17.7 Å². The van der Waals surface area contributed by atoms with Crippen LogP contribution >= 0.6 is 11.6 Å². The maximum absolute atomic E-state index is 12.2. The van der Waals surface area contributed by atoms with Gasteiger partial charge in [-0.15, -0.1) is 0 Å². The fourth-order valence-corrected chi connectivity index (χ4v) is 2.20. The van der Waals surface area contributed by atoms with Gasteiger partial charge in [-0.2, -0.15) is 0 Å². The molecule has 0 aliphatic rings. The second-order valence-electron chi connectivity index (χ2n) is 5.65. The van der Waals surface area contributed by atoms with Crippen molar-refractivity contribution in [1.82, 2.24) is 15.3 Å². The van der Waals surface area contributed by atoms with Crippen LogP contribution in [0, 0.1) is 6.92 Å². The lowest BCUT2D eigenvalue weighted by molar-refractivity contribution is 0.0949. The van der Waals surface area contributed by atoms with Crippen molar-refractivity contribution in [2.24, 2.45) is 0 Å². The maximum atomic E-state index is 12.2. The lowest BCUT2D eigenvalue weighted by atomic mass is 10.1. The number of anilines is 1. The summed E-state index contributed by atoms with van der Waals surface area (Å²) in [5, 5.41) is 6.70. The smallest absolute Gasteiger partial charge is 0.270 e. The molecule has 1 heterocycles. The van der Waals surface area contributed by atoms with Crippen molar-refractivity contribution < 1.29 is 4.79 Å². The first-order valence-corrected chi connectivity index (χ1v) is 7.96. The molecule has 122 valence electrons. The number of nitrogens with one attached hydrogen (secondary N) is 2. The number of halogens is 1. The van der Waals surface area contributed by atoms with Gasteiger partial charge in [-0.25, -0.2) is 9.97 Å². The quantitative estimate of drug-likeness (QED) is 0.852. The Morgan fingerprint density at radius 3 is 2.57 bits per heavy atom. The summed E-state index contributed by atoms with van der Waals surface area (Å²) in [4.78, 5) is 20.8. The predicted molar refractivity (Wildman–Crippen MR) is 93.0 cm³/mol. The summed E-state index contributed by atoms with van der Waals surface area (Å²) >= 11 is 5.85. The molecule has 2 rings (SSSR count). The molecule has 0 fully saturated rings. The molecule has 1 aromatic heterocycles. The zero-order chi connectivity index (χ0) is 16.8. The zero-order valence-corrected chi connectivity index (χ0v) is 14.3. The van der Waals surface area contributed by atoms with Crippen LogP contribution in [0.4, 0.5) is 5.95 Å². The van der Waals surface area contributed by atoms with Gasteiger partial charge in [-0.1, -0.05) is 23.7 Å². The van der Waals surface area contributed by atoms with Crippen molar-refractivity contribution >= 4 is 23.5 Å². The minimum atomic E-state index is -0.198. The molecule has 23 heavy (non-hydrogen) atoms. The van der Waals surface area contributed by atoms with Gasteiger partial charge in [0, 0.05) is 23.3 Å². The molecule has 0 unspecified atom stereocenters. The molecule has 1 amide bonds. The summed E-state index contributed by atoms with van der Waals surface area (Å²) < 4.78 is 0. The monoisotopic (exact) mass is 332 g/mol. The SMILES string of the molecule is Cc1cc(C(=O)NCCc2ccc(Cl)cc2)nc(NC(C)C)n1. The summed E-state index contributed by atoms with van der Waals surface area (Å²) in [6.07, 6.45) is 0.740. The Labute approximate surface area is 141 Å². The fraction of sp³-hybridized carbons (Fsp3) is 0.353. The third-order valence-corrected chi connectivity index (χ3v) is 3.37. The van der Waals surface area contributed by atoms with Gasteiger partial charge in [0.05, 0.1) is 0 Å². The lowest BCUT2D eigenvalue weighted by Crippen LogP contribution is -2.27. The number of nitrogens with zero attached hydrogens (tertiary/aromatic N) is 2. The standard InChI is InChI=1S/C17H21ClN4O/c1-11(2)20-17-21-12(3)10-15(22-17)16(23)19-9-8-13-4-6-14(18)7-5-13/h4-7,10-11H,8-9H2,1-3H3,(H,19,23)(H,20,21,22). The average Bonchev–Trinajstić information content (AvgIpc) is 2.48. The van der Waals surface area contributed by atoms with Crippen LogP contribution in [0.3, 0.4) is 0 Å². The van der Waals surface area contributed by atoms with E-state index in [4.69, 9.17) is 11.6 Å². The highest BCUT2D eigenvalue weighted by molar-refractivity contribution is 6.30. The van der Waals surface area contributed by atoms with E-state index < -0.39 is 0 Å². The first kappa shape index (κ1) is 17.2. The second kappa shape index (κ2) is 7.92. The van der Waals surface area contributed by atoms with Crippen LogP contribution in [0.15, 0.2) is 30.3 Å². The Hall–Kier alpha value is -2.14. The van der Waals surface area contributed by atoms with E-state index in [-0.39, 0.29) is 11.9 Å². The van der Waals surface area contributed by atoms with Gasteiger partial charge in [-0.3, -0.25) is 4.79 Å². The molecule has 0 aliphatic carbocycles. The van der Waals surface area contributed by atoms with E-state index in [1.165, 1.54) is 0 Å². The number of amides is 1. The van der Waals surface area contributed by atoms with Crippen LogP contribution < -0.4 is 10.6 Å². The van der Waals surface area contributed by atoms with Gasteiger partial charge < -0.3 is 10.6 Å². The molecule has 1 aromatic carbocycles. The van der Waals surface area contributed by atoms with E-state index in [0.29, 0.717) is 23.2 Å². The van der Waals surface area contributed by atoms with E-state index >= 15 is 0 Å². The number of hydrogen-bond donors (Lipinski definition) is 2. The number of rotatable bonds is 6. The molecule has 6 heteroatoms. The minimum Gasteiger partial charge on any atom is -0.352 e. The molecule has 0 aliphatic heterocycles. The van der Waals surface area contributed by atoms with E-state index in [1.54, 1.807) is 6.07 Å². The topological polar surface area (TPSA) is 66.9 Å². The van der Waals surface area contributed by atoms with Gasteiger partial charge in [0.1, 0.15) is 5.69 Å². The zero-order valence-electron chi connectivity index (χ0n) is 13.6. The van der Waals surface area contributed by atoms with Crippen molar-refractivity contribution in [3.8, 4) is 0 Å². The first-order chi connectivity index (χ1) is 10.9. The third kappa shape index (κ3) is 5.53. The molecule has 0 spiro atoms. The van der Waals surface area contributed by atoms with Crippen LogP contribution in [0.1, 0.15) is 35.6 Å². The lowest BCUT2D eigenvalue weighted by Gasteiger charge is -2.10. The Morgan fingerprint density at radius 2 is 1.91 bits per heavy atom. The van der Waals surface area contributed by atoms with Crippen LogP contribution in [-0.4, -0.2) is 28.5 Å². The maximum Gasteiger partial charge on any atom is 0.270 e. The van der Waals surface area contributed by atoms with E-state index in [1.807, 2.05) is 45.0 Å². The van der Waals surface area contributed by atoms with Crippen molar-refractivity contribution in [3.63, 3.8) is 0 Å². The first-order valence-electron chi connectivity index (χ1n) is 7.59. The number of benzene rings is 1. The van der Waals surface area contributed by atoms with Gasteiger partial charge in [0.25, 0.3) is 5.91 Å². The summed E-state index contributed by atoms with van der Waals surface area (Å²) in [5.74, 6) is 0.277. The number of aromatic nitrogens is 2. The molecule has 0 atom stereocenters. The molecule has 0 saturated heterocycles. The third-order valence-electron chi connectivity index (χ3n) is 3.12. The van der Waals surface area contributed by atoms with Gasteiger partial charge in [0.2, 0.25) is 5.95 Å². The molecule has 2 aromatic rings. The predicted octanol–water partition coefficient (Wildman–Crippen LogP) is 3.23. The number of carbonyl (C=O) groups excluding carboxylic acids is 1. The summed E-state index contributed by atoms with van der Waals surface area (Å²) in [6.45, 7) is 6.38. The summed E-state index contributed by atoms with van der Waals surface area (Å²) in [6, 6.07) is 9.48. The van der Waals surface area contributed by atoms with Crippen molar-refractivity contribution in [3.05, 3.63) is 52.3 Å².